The summed E-state index contributed by atoms with van der Waals surface area (Å²) in [6.07, 6.45) is 0. The number of benzene rings is 3. The first-order valence-electron chi connectivity index (χ1n) is 10.4. The minimum atomic E-state index is -0.499. The number of hydrogen-bond acceptors (Lipinski definition) is 7. The Morgan fingerprint density at radius 1 is 0.971 bits per heavy atom. The van der Waals surface area contributed by atoms with Crippen LogP contribution >= 0.6 is 23.5 Å². The van der Waals surface area contributed by atoms with Gasteiger partial charge in [-0.05, 0) is 36.4 Å². The van der Waals surface area contributed by atoms with Gasteiger partial charge in [0.05, 0.1) is 27.3 Å². The van der Waals surface area contributed by atoms with Crippen LogP contribution in [0.15, 0.2) is 93.7 Å². The average molecular weight is 493 g/mol. The predicted octanol–water partition coefficient (Wildman–Crippen LogP) is 4.29. The topological polar surface area (TPSA) is 107 Å². The van der Waals surface area contributed by atoms with E-state index < -0.39 is 4.92 Å². The van der Waals surface area contributed by atoms with Gasteiger partial charge in [-0.3, -0.25) is 24.3 Å². The molecule has 0 fully saturated rings. The predicted molar refractivity (Wildman–Crippen MR) is 135 cm³/mol. The van der Waals surface area contributed by atoms with Gasteiger partial charge in [-0.25, -0.2) is 4.98 Å². The first-order valence-corrected chi connectivity index (χ1v) is 12.3. The van der Waals surface area contributed by atoms with Crippen LogP contribution in [0.1, 0.15) is 0 Å². The zero-order valence-electron chi connectivity index (χ0n) is 17.9. The lowest BCUT2D eigenvalue weighted by Gasteiger charge is -2.13. The largest absolute Gasteiger partial charge is 0.355 e. The lowest BCUT2D eigenvalue weighted by molar-refractivity contribution is -0.384. The van der Waals surface area contributed by atoms with E-state index in [0.717, 1.165) is 22.4 Å². The second kappa shape index (κ2) is 11.0. The summed E-state index contributed by atoms with van der Waals surface area (Å²) in [7, 11) is 0. The number of carbonyl (C=O) groups excluding carboxylic acids is 1. The van der Waals surface area contributed by atoms with Crippen molar-refractivity contribution in [2.45, 2.75) is 10.1 Å². The first-order chi connectivity index (χ1) is 16.5. The summed E-state index contributed by atoms with van der Waals surface area (Å²) in [6, 6.07) is 22.6. The summed E-state index contributed by atoms with van der Waals surface area (Å²) in [5, 5.41) is 14.6. The van der Waals surface area contributed by atoms with Gasteiger partial charge < -0.3 is 5.32 Å². The fraction of sp³-hybridized carbons (Fsp3) is 0.125. The molecule has 0 bridgehead atoms. The SMILES string of the molecule is O=C(CSc1nc2ccccc2c(=O)n1-c1ccc([N+](=O)[O-])cc1)NCCSc1ccccc1. The standard InChI is InChI=1S/C24H20N4O4S2/c29-22(25-14-15-33-19-6-2-1-3-7-19)16-34-24-26-21-9-5-4-8-20(21)23(30)27(24)17-10-12-18(13-11-17)28(31)32/h1-13H,14-16H2,(H,25,29). The van der Waals surface area contributed by atoms with Crippen LogP contribution in [0.5, 0.6) is 0 Å². The molecule has 0 spiro atoms. The van der Waals surface area contributed by atoms with Gasteiger partial charge in [0.2, 0.25) is 5.91 Å². The smallest absolute Gasteiger partial charge is 0.269 e. The van der Waals surface area contributed by atoms with Gasteiger partial charge in [-0.1, -0.05) is 42.1 Å². The number of para-hydroxylation sites is 1. The maximum atomic E-state index is 13.2. The van der Waals surface area contributed by atoms with Gasteiger partial charge >= 0.3 is 0 Å². The molecule has 34 heavy (non-hydrogen) atoms. The molecule has 4 aromatic rings. The third kappa shape index (κ3) is 5.64. The number of carbonyl (C=O) groups is 1. The molecule has 1 heterocycles. The molecule has 4 rings (SSSR count). The van der Waals surface area contributed by atoms with E-state index in [1.807, 2.05) is 30.3 Å². The van der Waals surface area contributed by atoms with Crippen LogP contribution in [-0.4, -0.2) is 38.4 Å². The molecular weight excluding hydrogens is 472 g/mol. The highest BCUT2D eigenvalue weighted by Gasteiger charge is 2.16. The van der Waals surface area contributed by atoms with Crippen molar-refractivity contribution in [2.24, 2.45) is 0 Å². The third-order valence-electron chi connectivity index (χ3n) is 4.83. The molecule has 1 amide bonds. The van der Waals surface area contributed by atoms with Crippen molar-refractivity contribution in [1.29, 1.82) is 0 Å². The molecule has 1 aromatic heterocycles. The number of aromatic nitrogens is 2. The van der Waals surface area contributed by atoms with Crippen LogP contribution in [-0.2, 0) is 4.79 Å². The number of fused-ring (bicyclic) bond motifs is 1. The number of nitro groups is 1. The number of rotatable bonds is 9. The Balaban J connectivity index is 1.49. The Labute approximate surface area is 203 Å². The third-order valence-corrected chi connectivity index (χ3v) is 6.78. The molecule has 0 radical (unpaired) electrons. The Morgan fingerprint density at radius 3 is 2.41 bits per heavy atom. The van der Waals surface area contributed by atoms with Crippen molar-refractivity contribution in [3.63, 3.8) is 0 Å². The van der Waals surface area contributed by atoms with Crippen molar-refractivity contribution in [2.75, 3.05) is 18.1 Å². The number of thioether (sulfide) groups is 2. The quantitative estimate of drug-likeness (QED) is 0.122. The molecule has 10 heteroatoms. The normalized spacial score (nSPS) is 10.8. The molecule has 1 N–H and O–H groups in total. The monoisotopic (exact) mass is 492 g/mol. The fourth-order valence-corrected chi connectivity index (χ4v) is 4.85. The van der Waals surface area contributed by atoms with E-state index in [4.69, 9.17) is 0 Å². The molecular formula is C24H20N4O4S2. The van der Waals surface area contributed by atoms with Crippen LogP contribution in [0.3, 0.4) is 0 Å². The van der Waals surface area contributed by atoms with Crippen molar-refractivity contribution < 1.29 is 9.72 Å². The van der Waals surface area contributed by atoms with Crippen LogP contribution < -0.4 is 10.9 Å². The summed E-state index contributed by atoms with van der Waals surface area (Å²) in [4.78, 5) is 41.9. The molecule has 3 aromatic carbocycles. The number of nitro benzene ring substituents is 1. The van der Waals surface area contributed by atoms with Gasteiger partial charge in [-0.15, -0.1) is 11.8 Å². The number of hydrogen-bond donors (Lipinski definition) is 1. The molecule has 0 aliphatic heterocycles. The fourth-order valence-electron chi connectivity index (χ4n) is 3.22. The molecule has 0 saturated carbocycles. The Kier molecular flexibility index (Phi) is 7.61. The van der Waals surface area contributed by atoms with E-state index in [-0.39, 0.29) is 22.9 Å². The van der Waals surface area contributed by atoms with E-state index in [1.165, 1.54) is 28.8 Å². The summed E-state index contributed by atoms with van der Waals surface area (Å²) in [5.74, 6) is 0.645. The zero-order valence-corrected chi connectivity index (χ0v) is 19.6. The van der Waals surface area contributed by atoms with Crippen LogP contribution in [0.2, 0.25) is 0 Å². The molecule has 0 unspecified atom stereocenters. The molecule has 0 aliphatic rings. The Bertz CT molecular complexity index is 1380. The number of non-ortho nitro benzene ring substituents is 1. The van der Waals surface area contributed by atoms with E-state index in [9.17, 15) is 19.7 Å². The van der Waals surface area contributed by atoms with Gasteiger partial charge in [0.1, 0.15) is 0 Å². The first kappa shape index (κ1) is 23.5. The van der Waals surface area contributed by atoms with Crippen LogP contribution in [0.25, 0.3) is 16.6 Å². The lowest BCUT2D eigenvalue weighted by atomic mass is 10.2. The molecule has 0 aliphatic carbocycles. The number of nitrogens with one attached hydrogen (secondary N) is 1. The van der Waals surface area contributed by atoms with Crippen molar-refractivity contribution >= 4 is 46.0 Å². The second-order valence-electron chi connectivity index (χ2n) is 7.13. The maximum Gasteiger partial charge on any atom is 0.269 e. The zero-order chi connectivity index (χ0) is 23.9. The average Bonchev–Trinajstić information content (AvgIpc) is 2.86. The molecule has 8 nitrogen and oxygen atoms in total. The van der Waals surface area contributed by atoms with Crippen molar-refractivity contribution in [1.82, 2.24) is 14.9 Å². The summed E-state index contributed by atoms with van der Waals surface area (Å²) < 4.78 is 1.38. The molecule has 0 saturated heterocycles. The highest BCUT2D eigenvalue weighted by atomic mass is 32.2. The van der Waals surface area contributed by atoms with Gasteiger partial charge in [0, 0.05) is 29.3 Å². The van der Waals surface area contributed by atoms with Gasteiger partial charge in [-0.2, -0.15) is 0 Å². The van der Waals surface area contributed by atoms with Crippen LogP contribution in [0.4, 0.5) is 5.69 Å². The van der Waals surface area contributed by atoms with E-state index in [0.29, 0.717) is 28.3 Å². The minimum Gasteiger partial charge on any atom is -0.355 e. The Hall–Kier alpha value is -3.63. The number of amides is 1. The lowest BCUT2D eigenvalue weighted by Crippen LogP contribution is -2.28. The highest BCUT2D eigenvalue weighted by Crippen LogP contribution is 2.23. The number of nitrogens with zero attached hydrogens (tertiary/aromatic N) is 3. The van der Waals surface area contributed by atoms with Gasteiger partial charge in [0.25, 0.3) is 11.2 Å². The molecule has 172 valence electrons. The van der Waals surface area contributed by atoms with Crippen molar-refractivity contribution in [3.05, 3.63) is 99.3 Å². The summed E-state index contributed by atoms with van der Waals surface area (Å²) in [5.41, 5.74) is 0.581. The summed E-state index contributed by atoms with van der Waals surface area (Å²) >= 11 is 2.80. The van der Waals surface area contributed by atoms with Crippen molar-refractivity contribution in [3.8, 4) is 5.69 Å². The maximum absolute atomic E-state index is 13.2. The minimum absolute atomic E-state index is 0.0764. The van der Waals surface area contributed by atoms with Crippen LogP contribution in [0, 0.1) is 10.1 Å². The highest BCUT2D eigenvalue weighted by molar-refractivity contribution is 7.99. The van der Waals surface area contributed by atoms with E-state index >= 15 is 0 Å². The van der Waals surface area contributed by atoms with Gasteiger partial charge in [0.15, 0.2) is 5.16 Å². The van der Waals surface area contributed by atoms with E-state index in [1.54, 1.807) is 36.0 Å². The van der Waals surface area contributed by atoms with E-state index in [2.05, 4.69) is 10.3 Å². The summed E-state index contributed by atoms with van der Waals surface area (Å²) in [6.45, 7) is 0.513. The molecule has 0 atom stereocenters. The Morgan fingerprint density at radius 2 is 1.68 bits per heavy atom. The second-order valence-corrected chi connectivity index (χ2v) is 9.24.